The van der Waals surface area contributed by atoms with Crippen LogP contribution in [0, 0.1) is 6.92 Å². The average molecular weight is 441 g/mol. The van der Waals surface area contributed by atoms with Crippen molar-refractivity contribution in [2.75, 3.05) is 11.9 Å². The number of aromatic amines is 1. The molecule has 0 amide bonds. The van der Waals surface area contributed by atoms with Crippen molar-refractivity contribution in [2.24, 2.45) is 0 Å². The van der Waals surface area contributed by atoms with Crippen LogP contribution in [0.2, 0.25) is 0 Å². The monoisotopic (exact) mass is 441 g/mol. The average Bonchev–Trinajstić information content (AvgIpc) is 2.73. The Hall–Kier alpha value is -3.95. The molecule has 4 rings (SSSR count). The summed E-state index contributed by atoms with van der Waals surface area (Å²) in [6.45, 7) is 2.11. The number of nitrogens with one attached hydrogen (secondary N) is 2. The van der Waals surface area contributed by atoms with Gasteiger partial charge in [0.15, 0.2) is 5.65 Å². The molecule has 0 fully saturated rings. The standard InChI is InChI=1S/C22H18F3N5O2/c1-13-4-2-7-16(10-13)30-19(31)17-12-27-20(28-18(17)29-21(30)32)26-9-8-14-5-3-6-15(11-14)22(23,24)25/h2-7,10-12H,8-9H2,1H3,(H2,26,27,28,29,32). The van der Waals surface area contributed by atoms with Crippen molar-refractivity contribution in [3.63, 3.8) is 0 Å². The number of rotatable bonds is 5. The van der Waals surface area contributed by atoms with Gasteiger partial charge in [0.1, 0.15) is 5.39 Å². The first-order valence-corrected chi connectivity index (χ1v) is 9.71. The minimum Gasteiger partial charge on any atom is -0.354 e. The first-order valence-electron chi connectivity index (χ1n) is 9.71. The molecule has 0 aliphatic heterocycles. The Balaban J connectivity index is 1.55. The second-order valence-corrected chi connectivity index (χ2v) is 7.24. The third-order valence-corrected chi connectivity index (χ3v) is 4.86. The summed E-state index contributed by atoms with van der Waals surface area (Å²) < 4.78 is 39.5. The SMILES string of the molecule is Cc1cccc(-n2c(=O)[nH]c3nc(NCCc4cccc(C(F)(F)F)c4)ncc3c2=O)c1. The molecule has 32 heavy (non-hydrogen) atoms. The van der Waals surface area contributed by atoms with Gasteiger partial charge in [-0.25, -0.2) is 14.3 Å². The van der Waals surface area contributed by atoms with Gasteiger partial charge in [0, 0.05) is 12.7 Å². The number of aryl methyl sites for hydroxylation is 1. The molecule has 2 heterocycles. The summed E-state index contributed by atoms with van der Waals surface area (Å²) in [4.78, 5) is 36.2. The smallest absolute Gasteiger partial charge is 0.354 e. The van der Waals surface area contributed by atoms with E-state index in [1.165, 1.54) is 12.3 Å². The Labute approximate surface area is 179 Å². The number of H-pyrrole nitrogens is 1. The maximum Gasteiger partial charge on any atom is 0.416 e. The van der Waals surface area contributed by atoms with Crippen molar-refractivity contribution in [1.82, 2.24) is 19.5 Å². The van der Waals surface area contributed by atoms with Gasteiger partial charge in [-0.1, -0.05) is 30.3 Å². The Kier molecular flexibility index (Phi) is 5.52. The molecule has 0 bridgehead atoms. The largest absolute Gasteiger partial charge is 0.416 e. The van der Waals surface area contributed by atoms with Gasteiger partial charge in [-0.2, -0.15) is 18.2 Å². The van der Waals surface area contributed by atoms with E-state index in [0.29, 0.717) is 17.7 Å². The maximum atomic E-state index is 12.8. The lowest BCUT2D eigenvalue weighted by Gasteiger charge is -2.10. The summed E-state index contributed by atoms with van der Waals surface area (Å²) in [5.74, 6) is 0.146. The molecule has 0 saturated carbocycles. The molecule has 0 spiro atoms. The molecule has 10 heteroatoms. The fraction of sp³-hybridized carbons (Fsp3) is 0.182. The second kappa shape index (κ2) is 8.29. The summed E-state index contributed by atoms with van der Waals surface area (Å²) in [5, 5.41) is 3.04. The van der Waals surface area contributed by atoms with Crippen LogP contribution in [0.1, 0.15) is 16.7 Å². The molecule has 0 saturated heterocycles. The van der Waals surface area contributed by atoms with Crippen LogP contribution >= 0.6 is 0 Å². The normalized spacial score (nSPS) is 11.6. The lowest BCUT2D eigenvalue weighted by Crippen LogP contribution is -2.34. The Morgan fingerprint density at radius 3 is 2.62 bits per heavy atom. The number of fused-ring (bicyclic) bond motifs is 1. The van der Waals surface area contributed by atoms with Crippen molar-refractivity contribution in [1.29, 1.82) is 0 Å². The fourth-order valence-electron chi connectivity index (χ4n) is 3.31. The molecule has 7 nitrogen and oxygen atoms in total. The van der Waals surface area contributed by atoms with Crippen LogP contribution in [0.25, 0.3) is 16.7 Å². The Bertz CT molecular complexity index is 1410. The molecule has 2 aromatic carbocycles. The number of aromatic nitrogens is 4. The van der Waals surface area contributed by atoms with Crippen LogP contribution in [0.4, 0.5) is 19.1 Å². The number of hydrogen-bond acceptors (Lipinski definition) is 5. The number of anilines is 1. The maximum absolute atomic E-state index is 12.8. The summed E-state index contributed by atoms with van der Waals surface area (Å²) in [6.07, 6.45) is -2.79. The summed E-state index contributed by atoms with van der Waals surface area (Å²) in [6, 6.07) is 12.0. The third kappa shape index (κ3) is 4.39. The highest BCUT2D eigenvalue weighted by atomic mass is 19.4. The lowest BCUT2D eigenvalue weighted by atomic mass is 10.1. The first-order chi connectivity index (χ1) is 15.2. The molecule has 0 aliphatic carbocycles. The van der Waals surface area contributed by atoms with Gasteiger partial charge in [0.25, 0.3) is 5.56 Å². The van der Waals surface area contributed by atoms with E-state index in [0.717, 1.165) is 22.3 Å². The minimum atomic E-state index is -4.40. The molecular formula is C22H18F3N5O2. The van der Waals surface area contributed by atoms with Gasteiger partial charge < -0.3 is 5.32 Å². The van der Waals surface area contributed by atoms with Crippen LogP contribution < -0.4 is 16.6 Å². The molecule has 2 aromatic heterocycles. The molecular weight excluding hydrogens is 423 g/mol. The van der Waals surface area contributed by atoms with E-state index < -0.39 is 23.0 Å². The van der Waals surface area contributed by atoms with E-state index in [1.807, 2.05) is 13.0 Å². The number of alkyl halides is 3. The molecule has 0 unspecified atom stereocenters. The first kappa shape index (κ1) is 21.3. The van der Waals surface area contributed by atoms with Crippen LogP contribution in [0.5, 0.6) is 0 Å². The van der Waals surface area contributed by atoms with Crippen LogP contribution in [0.3, 0.4) is 0 Å². The van der Waals surface area contributed by atoms with E-state index in [1.54, 1.807) is 24.3 Å². The highest BCUT2D eigenvalue weighted by molar-refractivity contribution is 5.73. The van der Waals surface area contributed by atoms with E-state index in [9.17, 15) is 22.8 Å². The number of halogens is 3. The van der Waals surface area contributed by atoms with Gasteiger partial charge >= 0.3 is 11.9 Å². The van der Waals surface area contributed by atoms with Crippen molar-refractivity contribution in [2.45, 2.75) is 19.5 Å². The van der Waals surface area contributed by atoms with E-state index in [2.05, 4.69) is 20.3 Å². The number of benzene rings is 2. The molecule has 4 aromatic rings. The van der Waals surface area contributed by atoms with Crippen molar-refractivity contribution in [3.8, 4) is 5.69 Å². The van der Waals surface area contributed by atoms with Crippen molar-refractivity contribution >= 4 is 17.0 Å². The molecule has 164 valence electrons. The predicted octanol–water partition coefficient (Wildman–Crippen LogP) is 3.45. The highest BCUT2D eigenvalue weighted by Gasteiger charge is 2.30. The van der Waals surface area contributed by atoms with Gasteiger partial charge in [0.2, 0.25) is 5.95 Å². The topological polar surface area (TPSA) is 92.7 Å². The van der Waals surface area contributed by atoms with Gasteiger partial charge in [-0.05, 0) is 42.7 Å². The van der Waals surface area contributed by atoms with Gasteiger partial charge in [0.05, 0.1) is 11.3 Å². The Morgan fingerprint density at radius 1 is 1.09 bits per heavy atom. The number of nitrogens with zero attached hydrogens (tertiary/aromatic N) is 3. The summed E-state index contributed by atoms with van der Waals surface area (Å²) >= 11 is 0. The van der Waals surface area contributed by atoms with E-state index in [4.69, 9.17) is 0 Å². The summed E-state index contributed by atoms with van der Waals surface area (Å²) in [5.41, 5.74) is 0.000869. The molecule has 0 aliphatic rings. The molecule has 0 atom stereocenters. The zero-order valence-corrected chi connectivity index (χ0v) is 16.9. The predicted molar refractivity (Wildman–Crippen MR) is 114 cm³/mol. The van der Waals surface area contributed by atoms with E-state index in [-0.39, 0.29) is 23.5 Å². The molecule has 2 N–H and O–H groups in total. The highest BCUT2D eigenvalue weighted by Crippen LogP contribution is 2.29. The Morgan fingerprint density at radius 2 is 1.88 bits per heavy atom. The summed E-state index contributed by atoms with van der Waals surface area (Å²) in [7, 11) is 0. The van der Waals surface area contributed by atoms with Crippen molar-refractivity contribution in [3.05, 3.63) is 92.3 Å². The van der Waals surface area contributed by atoms with Crippen molar-refractivity contribution < 1.29 is 13.2 Å². The zero-order valence-electron chi connectivity index (χ0n) is 16.9. The fourth-order valence-corrected chi connectivity index (χ4v) is 3.31. The minimum absolute atomic E-state index is 0.0699. The lowest BCUT2D eigenvalue weighted by molar-refractivity contribution is -0.137. The molecule has 0 radical (unpaired) electrons. The van der Waals surface area contributed by atoms with Crippen LogP contribution in [-0.4, -0.2) is 26.1 Å². The van der Waals surface area contributed by atoms with Gasteiger partial charge in [-0.3, -0.25) is 9.78 Å². The number of hydrogen-bond donors (Lipinski definition) is 2. The quantitative estimate of drug-likeness (QED) is 0.495. The third-order valence-electron chi connectivity index (χ3n) is 4.86. The van der Waals surface area contributed by atoms with Gasteiger partial charge in [-0.15, -0.1) is 0 Å². The van der Waals surface area contributed by atoms with E-state index >= 15 is 0 Å². The van der Waals surface area contributed by atoms with Crippen LogP contribution in [-0.2, 0) is 12.6 Å². The van der Waals surface area contributed by atoms with Crippen LogP contribution in [0.15, 0.2) is 64.3 Å². The second-order valence-electron chi connectivity index (χ2n) is 7.24. The zero-order chi connectivity index (χ0) is 22.9.